The van der Waals surface area contributed by atoms with Crippen LogP contribution in [0.1, 0.15) is 6.92 Å². The van der Waals surface area contributed by atoms with Crippen LogP contribution >= 0.6 is 23.2 Å². The number of hydrogen-bond acceptors (Lipinski definition) is 2. The van der Waals surface area contributed by atoms with Crippen LogP contribution in [0, 0.1) is 0 Å². The Morgan fingerprint density at radius 3 is 2.78 bits per heavy atom. The van der Waals surface area contributed by atoms with E-state index in [0.29, 0.717) is 22.3 Å². The number of nitrogens with zero attached hydrogens (tertiary/aromatic N) is 1. The van der Waals surface area contributed by atoms with Gasteiger partial charge in [0.1, 0.15) is 0 Å². The summed E-state index contributed by atoms with van der Waals surface area (Å²) >= 11 is 11.9. The van der Waals surface area contributed by atoms with Crippen LogP contribution in [-0.4, -0.2) is 36.6 Å². The zero-order valence-electron chi connectivity index (χ0n) is 10.0. The fourth-order valence-electron chi connectivity index (χ4n) is 1.84. The van der Waals surface area contributed by atoms with Gasteiger partial charge < -0.3 is 15.5 Å². The molecule has 0 saturated carbocycles. The highest BCUT2D eigenvalue weighted by Crippen LogP contribution is 2.25. The van der Waals surface area contributed by atoms with Gasteiger partial charge in [0.15, 0.2) is 0 Å². The van der Waals surface area contributed by atoms with Crippen molar-refractivity contribution in [3.8, 4) is 0 Å². The number of carbonyl (C=O) groups is 1. The van der Waals surface area contributed by atoms with E-state index in [1.165, 1.54) is 0 Å². The highest BCUT2D eigenvalue weighted by atomic mass is 35.5. The second-order valence-corrected chi connectivity index (χ2v) is 5.00. The molecule has 1 aromatic carbocycles. The molecule has 0 bridgehead atoms. The van der Waals surface area contributed by atoms with E-state index in [0.717, 1.165) is 13.1 Å². The number of halogens is 2. The molecule has 0 atom stereocenters. The summed E-state index contributed by atoms with van der Waals surface area (Å²) in [7, 11) is 0. The zero-order valence-corrected chi connectivity index (χ0v) is 11.6. The van der Waals surface area contributed by atoms with Crippen molar-refractivity contribution in [1.82, 2.24) is 10.2 Å². The standard InChI is InChI=1S/C12H15Cl2N3O/c1-2-17(9-6-15-7-9)12(18)16-11-5-8(13)3-4-10(11)14/h3-5,9,15H,2,6-7H2,1H3,(H,16,18). The lowest BCUT2D eigenvalue weighted by Crippen LogP contribution is -2.59. The lowest BCUT2D eigenvalue weighted by molar-refractivity contribution is 0.165. The summed E-state index contributed by atoms with van der Waals surface area (Å²) in [4.78, 5) is 13.9. The molecule has 1 aliphatic rings. The number of benzene rings is 1. The first kappa shape index (κ1) is 13.5. The second kappa shape index (κ2) is 5.78. The number of anilines is 1. The smallest absolute Gasteiger partial charge is 0.319 e. The first-order valence-corrected chi connectivity index (χ1v) is 6.60. The molecule has 1 aliphatic heterocycles. The van der Waals surface area contributed by atoms with Crippen molar-refractivity contribution in [3.63, 3.8) is 0 Å². The molecule has 0 aromatic heterocycles. The van der Waals surface area contributed by atoms with Gasteiger partial charge in [-0.2, -0.15) is 0 Å². The van der Waals surface area contributed by atoms with E-state index in [9.17, 15) is 4.79 Å². The maximum absolute atomic E-state index is 12.1. The molecule has 2 amide bonds. The van der Waals surface area contributed by atoms with Crippen molar-refractivity contribution in [2.24, 2.45) is 0 Å². The summed E-state index contributed by atoms with van der Waals surface area (Å²) in [5.41, 5.74) is 0.542. The predicted molar refractivity (Wildman–Crippen MR) is 74.5 cm³/mol. The summed E-state index contributed by atoms with van der Waals surface area (Å²) in [5.74, 6) is 0. The van der Waals surface area contributed by atoms with Gasteiger partial charge in [-0.25, -0.2) is 4.79 Å². The Morgan fingerprint density at radius 2 is 2.22 bits per heavy atom. The minimum Gasteiger partial charge on any atom is -0.319 e. The van der Waals surface area contributed by atoms with Gasteiger partial charge in [0.05, 0.1) is 16.8 Å². The summed E-state index contributed by atoms with van der Waals surface area (Å²) in [5, 5.41) is 6.97. The molecule has 1 heterocycles. The van der Waals surface area contributed by atoms with Crippen LogP contribution in [0.15, 0.2) is 18.2 Å². The number of amides is 2. The van der Waals surface area contributed by atoms with Crippen molar-refractivity contribution in [2.45, 2.75) is 13.0 Å². The summed E-state index contributed by atoms with van der Waals surface area (Å²) in [6, 6.07) is 5.11. The summed E-state index contributed by atoms with van der Waals surface area (Å²) in [6.07, 6.45) is 0. The second-order valence-electron chi connectivity index (χ2n) is 4.15. The lowest BCUT2D eigenvalue weighted by Gasteiger charge is -2.37. The minimum atomic E-state index is -0.145. The van der Waals surface area contributed by atoms with Crippen molar-refractivity contribution in [3.05, 3.63) is 28.2 Å². The average Bonchev–Trinajstić information content (AvgIpc) is 2.28. The highest BCUT2D eigenvalue weighted by molar-refractivity contribution is 6.35. The summed E-state index contributed by atoms with van der Waals surface area (Å²) < 4.78 is 0. The molecule has 1 fully saturated rings. The molecule has 98 valence electrons. The Bertz CT molecular complexity index is 449. The third-order valence-corrected chi connectivity index (χ3v) is 3.54. The van der Waals surface area contributed by atoms with Crippen LogP contribution in [0.3, 0.4) is 0 Å². The Kier molecular flexibility index (Phi) is 4.32. The molecule has 1 aromatic rings. The van der Waals surface area contributed by atoms with E-state index >= 15 is 0 Å². The number of hydrogen-bond donors (Lipinski definition) is 2. The van der Waals surface area contributed by atoms with Crippen LogP contribution in [0.2, 0.25) is 10.0 Å². The molecule has 0 spiro atoms. The number of nitrogens with one attached hydrogen (secondary N) is 2. The maximum atomic E-state index is 12.1. The Labute approximate surface area is 116 Å². The minimum absolute atomic E-state index is 0.145. The first-order chi connectivity index (χ1) is 8.61. The average molecular weight is 288 g/mol. The topological polar surface area (TPSA) is 44.4 Å². The quantitative estimate of drug-likeness (QED) is 0.898. The number of carbonyl (C=O) groups excluding carboxylic acids is 1. The van der Waals surface area contributed by atoms with Gasteiger partial charge in [-0.15, -0.1) is 0 Å². The first-order valence-electron chi connectivity index (χ1n) is 5.85. The monoisotopic (exact) mass is 287 g/mol. The van der Waals surface area contributed by atoms with Crippen LogP contribution in [0.25, 0.3) is 0 Å². The van der Waals surface area contributed by atoms with E-state index in [-0.39, 0.29) is 12.1 Å². The zero-order chi connectivity index (χ0) is 13.1. The molecular formula is C12H15Cl2N3O. The van der Waals surface area contributed by atoms with Crippen LogP contribution < -0.4 is 10.6 Å². The van der Waals surface area contributed by atoms with Gasteiger partial charge in [0.2, 0.25) is 0 Å². The fraction of sp³-hybridized carbons (Fsp3) is 0.417. The lowest BCUT2D eigenvalue weighted by atomic mass is 10.1. The van der Waals surface area contributed by atoms with Crippen LogP contribution in [-0.2, 0) is 0 Å². The van der Waals surface area contributed by atoms with Gasteiger partial charge in [-0.3, -0.25) is 0 Å². The molecule has 0 radical (unpaired) electrons. The number of urea groups is 1. The third kappa shape index (κ3) is 2.88. The molecule has 0 unspecified atom stereocenters. The number of rotatable bonds is 3. The number of likely N-dealkylation sites (N-methyl/N-ethyl adjacent to an activating group) is 1. The molecule has 0 aliphatic carbocycles. The van der Waals surface area contributed by atoms with Crippen LogP contribution in [0.4, 0.5) is 10.5 Å². The molecule has 6 heteroatoms. The van der Waals surface area contributed by atoms with E-state index in [2.05, 4.69) is 10.6 Å². The molecule has 1 saturated heterocycles. The van der Waals surface area contributed by atoms with Crippen molar-refractivity contribution in [2.75, 3.05) is 25.0 Å². The fourth-order valence-corrected chi connectivity index (χ4v) is 2.18. The Morgan fingerprint density at radius 1 is 1.50 bits per heavy atom. The van der Waals surface area contributed by atoms with Gasteiger partial charge in [0, 0.05) is 24.7 Å². The summed E-state index contributed by atoms with van der Waals surface area (Å²) in [6.45, 7) is 4.29. The largest absolute Gasteiger partial charge is 0.322 e. The van der Waals surface area contributed by atoms with Gasteiger partial charge >= 0.3 is 6.03 Å². The molecule has 18 heavy (non-hydrogen) atoms. The van der Waals surface area contributed by atoms with E-state index in [4.69, 9.17) is 23.2 Å². The molecule has 2 rings (SSSR count). The highest BCUT2D eigenvalue weighted by Gasteiger charge is 2.27. The normalized spacial score (nSPS) is 15.1. The van der Waals surface area contributed by atoms with E-state index < -0.39 is 0 Å². The van der Waals surface area contributed by atoms with Crippen molar-refractivity contribution >= 4 is 34.9 Å². The van der Waals surface area contributed by atoms with Gasteiger partial charge in [0.25, 0.3) is 0 Å². The van der Waals surface area contributed by atoms with E-state index in [1.54, 1.807) is 23.1 Å². The van der Waals surface area contributed by atoms with E-state index in [1.807, 2.05) is 6.92 Å². The maximum Gasteiger partial charge on any atom is 0.322 e. The Hall–Kier alpha value is -0.970. The molecular weight excluding hydrogens is 273 g/mol. The van der Waals surface area contributed by atoms with Gasteiger partial charge in [-0.05, 0) is 25.1 Å². The predicted octanol–water partition coefficient (Wildman–Crippen LogP) is 2.82. The Balaban J connectivity index is 2.07. The third-order valence-electron chi connectivity index (χ3n) is 2.97. The molecule has 4 nitrogen and oxygen atoms in total. The van der Waals surface area contributed by atoms with Crippen molar-refractivity contribution in [1.29, 1.82) is 0 Å². The SMILES string of the molecule is CCN(C(=O)Nc1cc(Cl)ccc1Cl)C1CNC1. The molecule has 2 N–H and O–H groups in total. The van der Waals surface area contributed by atoms with Crippen LogP contribution in [0.5, 0.6) is 0 Å². The van der Waals surface area contributed by atoms with Gasteiger partial charge in [-0.1, -0.05) is 23.2 Å². The van der Waals surface area contributed by atoms with Crippen molar-refractivity contribution < 1.29 is 4.79 Å².